The van der Waals surface area contributed by atoms with Gasteiger partial charge in [-0.3, -0.25) is 9.36 Å². The number of benzene rings is 1. The predicted octanol–water partition coefficient (Wildman–Crippen LogP) is 3.13. The van der Waals surface area contributed by atoms with Crippen molar-refractivity contribution in [3.05, 3.63) is 29.8 Å². The summed E-state index contributed by atoms with van der Waals surface area (Å²) in [6.07, 6.45) is -0.261. The minimum absolute atomic E-state index is 0.0414. The van der Waals surface area contributed by atoms with Gasteiger partial charge in [-0.15, -0.1) is 0 Å². The van der Waals surface area contributed by atoms with Gasteiger partial charge < -0.3 is 14.6 Å². The van der Waals surface area contributed by atoms with Crippen molar-refractivity contribution in [2.24, 2.45) is 0 Å². The molecule has 2 N–H and O–H groups in total. The van der Waals surface area contributed by atoms with Gasteiger partial charge in [0.2, 0.25) is 0 Å². The number of nitrogens with one attached hydrogen (secondary N) is 2. The van der Waals surface area contributed by atoms with Crippen LogP contribution < -0.4 is 10.2 Å². The Hall–Kier alpha value is -1.36. The van der Waals surface area contributed by atoms with Gasteiger partial charge in [-0.1, -0.05) is 12.1 Å². The molecule has 6 nitrogen and oxygen atoms in total. The number of rotatable bonds is 8. The second-order valence-electron chi connectivity index (χ2n) is 5.48. The zero-order chi connectivity index (χ0) is 16.8. The van der Waals surface area contributed by atoms with Crippen LogP contribution in [0.2, 0.25) is 0 Å². The lowest BCUT2D eigenvalue weighted by Gasteiger charge is -2.24. The van der Waals surface area contributed by atoms with Crippen molar-refractivity contribution in [2.45, 2.75) is 39.8 Å². The van der Waals surface area contributed by atoms with Gasteiger partial charge in [0, 0.05) is 12.8 Å². The second-order valence-corrected chi connectivity index (χ2v) is 7.69. The largest absolute Gasteiger partial charge is 0.462 e. The van der Waals surface area contributed by atoms with E-state index in [1.54, 1.807) is 20.8 Å². The zero-order valence-corrected chi connectivity index (χ0v) is 14.6. The molecule has 0 saturated carbocycles. The van der Waals surface area contributed by atoms with Gasteiger partial charge in [-0.25, -0.2) is 5.09 Å². The molecule has 2 atom stereocenters. The summed E-state index contributed by atoms with van der Waals surface area (Å²) in [6, 6.07) is 6.80. The van der Waals surface area contributed by atoms with E-state index in [-0.39, 0.29) is 12.5 Å². The highest BCUT2D eigenvalue weighted by atomic mass is 31.2. The third kappa shape index (κ3) is 6.18. The van der Waals surface area contributed by atoms with E-state index in [1.165, 1.54) is 7.11 Å². The van der Waals surface area contributed by atoms with Crippen LogP contribution in [0.3, 0.4) is 0 Å². The smallest absolute Gasteiger partial charge is 0.323 e. The SMILES string of the molecule is COCP(=O)(Nc1cccc(C)c1)N[C@@H](C)C(=O)OC(C)C. The maximum Gasteiger partial charge on any atom is 0.323 e. The number of hydrogen-bond donors (Lipinski definition) is 2. The molecule has 124 valence electrons. The summed E-state index contributed by atoms with van der Waals surface area (Å²) >= 11 is 0. The van der Waals surface area contributed by atoms with Gasteiger partial charge in [0.05, 0.1) is 6.10 Å². The number of carbonyl (C=O) groups is 1. The number of anilines is 1. The minimum atomic E-state index is -3.14. The summed E-state index contributed by atoms with van der Waals surface area (Å²) in [7, 11) is -1.68. The third-order valence-corrected chi connectivity index (χ3v) is 4.79. The summed E-state index contributed by atoms with van der Waals surface area (Å²) in [5.74, 6) is -0.447. The number of ether oxygens (including phenoxy) is 2. The van der Waals surface area contributed by atoms with E-state index >= 15 is 0 Å². The first-order valence-corrected chi connectivity index (χ1v) is 9.06. The molecule has 1 rings (SSSR count). The summed E-state index contributed by atoms with van der Waals surface area (Å²) < 4.78 is 23.1. The van der Waals surface area contributed by atoms with Crippen LogP contribution in [0.25, 0.3) is 0 Å². The van der Waals surface area contributed by atoms with Gasteiger partial charge in [0.15, 0.2) is 0 Å². The van der Waals surface area contributed by atoms with Crippen LogP contribution in [0, 0.1) is 6.92 Å². The normalized spacial score (nSPS) is 15.2. The highest BCUT2D eigenvalue weighted by Crippen LogP contribution is 2.41. The minimum Gasteiger partial charge on any atom is -0.462 e. The molecule has 1 unspecified atom stereocenters. The summed E-state index contributed by atoms with van der Waals surface area (Å²) in [5, 5.41) is 5.76. The van der Waals surface area contributed by atoms with Crippen LogP contribution >= 0.6 is 7.44 Å². The van der Waals surface area contributed by atoms with Crippen LogP contribution in [-0.4, -0.2) is 31.6 Å². The van der Waals surface area contributed by atoms with E-state index < -0.39 is 19.5 Å². The highest BCUT2D eigenvalue weighted by molar-refractivity contribution is 7.63. The Kier molecular flexibility index (Phi) is 7.07. The Morgan fingerprint density at radius 2 is 2.00 bits per heavy atom. The second kappa shape index (κ2) is 8.32. The molecule has 0 heterocycles. The van der Waals surface area contributed by atoms with Crippen LogP contribution in [0.4, 0.5) is 5.69 Å². The number of methoxy groups -OCH3 is 1. The van der Waals surface area contributed by atoms with Crippen LogP contribution in [0.15, 0.2) is 24.3 Å². The average Bonchev–Trinajstić information content (AvgIpc) is 2.37. The maximum atomic E-state index is 12.9. The average molecular weight is 328 g/mol. The lowest BCUT2D eigenvalue weighted by atomic mass is 10.2. The summed E-state index contributed by atoms with van der Waals surface area (Å²) in [6.45, 7) is 7.10. The number of carbonyl (C=O) groups excluding carboxylic acids is 1. The van der Waals surface area contributed by atoms with Crippen molar-refractivity contribution in [1.29, 1.82) is 0 Å². The predicted molar refractivity (Wildman–Crippen MR) is 88.1 cm³/mol. The molecule has 0 bridgehead atoms. The zero-order valence-electron chi connectivity index (χ0n) is 13.8. The first-order valence-electron chi connectivity index (χ1n) is 7.17. The van der Waals surface area contributed by atoms with Crippen LogP contribution in [0.5, 0.6) is 0 Å². The molecule has 0 radical (unpaired) electrons. The Labute approximate surface area is 132 Å². The molecule has 1 aromatic carbocycles. The van der Waals surface area contributed by atoms with Gasteiger partial charge in [0.25, 0.3) is 7.44 Å². The van der Waals surface area contributed by atoms with Crippen molar-refractivity contribution < 1.29 is 18.8 Å². The number of hydrogen-bond acceptors (Lipinski definition) is 4. The third-order valence-electron chi connectivity index (χ3n) is 2.75. The standard InChI is InChI=1S/C15H25N2O4P/c1-11(2)21-15(18)13(4)16-22(19,10-20-5)17-14-8-6-7-12(3)9-14/h6-9,11,13H,10H2,1-5H3,(H2,16,17,19)/t13-,22?/m0/s1. The summed E-state index contributed by atoms with van der Waals surface area (Å²) in [5.41, 5.74) is 1.75. The van der Waals surface area contributed by atoms with Crippen molar-refractivity contribution in [2.75, 3.05) is 18.5 Å². The van der Waals surface area contributed by atoms with Crippen LogP contribution in [0.1, 0.15) is 26.3 Å². The van der Waals surface area contributed by atoms with Crippen LogP contribution in [-0.2, 0) is 18.8 Å². The monoisotopic (exact) mass is 328 g/mol. The molecule has 0 saturated heterocycles. The fourth-order valence-corrected chi connectivity index (χ4v) is 3.76. The number of esters is 1. The lowest BCUT2D eigenvalue weighted by Crippen LogP contribution is -2.37. The van der Waals surface area contributed by atoms with Gasteiger partial charge in [-0.05, 0) is 45.4 Å². The Morgan fingerprint density at radius 1 is 1.32 bits per heavy atom. The molecule has 1 aromatic rings. The first-order chi connectivity index (χ1) is 10.3. The molecular formula is C15H25N2O4P. The molecule has 7 heteroatoms. The van der Waals surface area contributed by atoms with Gasteiger partial charge in [0.1, 0.15) is 12.4 Å². The Bertz CT molecular complexity index is 548. The van der Waals surface area contributed by atoms with E-state index in [0.29, 0.717) is 5.69 Å². The van der Waals surface area contributed by atoms with Crippen molar-refractivity contribution >= 4 is 19.1 Å². The number of aryl methyl sites for hydroxylation is 1. The van der Waals surface area contributed by atoms with Crippen molar-refractivity contribution in [3.8, 4) is 0 Å². The van der Waals surface area contributed by atoms with E-state index in [9.17, 15) is 9.36 Å². The maximum absolute atomic E-state index is 12.9. The molecule has 0 aromatic heterocycles. The Balaban J connectivity index is 2.82. The van der Waals surface area contributed by atoms with Gasteiger partial charge >= 0.3 is 5.97 Å². The van der Waals surface area contributed by atoms with E-state index in [0.717, 1.165) is 5.56 Å². The molecule has 0 spiro atoms. The molecule has 0 fully saturated rings. The van der Waals surface area contributed by atoms with Crippen molar-refractivity contribution in [3.63, 3.8) is 0 Å². The molecule has 0 amide bonds. The lowest BCUT2D eigenvalue weighted by molar-refractivity contribution is -0.148. The first kappa shape index (κ1) is 18.7. The fourth-order valence-electron chi connectivity index (χ4n) is 1.91. The topological polar surface area (TPSA) is 76.7 Å². The highest BCUT2D eigenvalue weighted by Gasteiger charge is 2.28. The molecule has 0 aliphatic carbocycles. The molecule has 0 aliphatic heterocycles. The van der Waals surface area contributed by atoms with E-state index in [2.05, 4.69) is 10.2 Å². The quantitative estimate of drug-likeness (QED) is 0.564. The molecule has 0 aliphatic rings. The van der Waals surface area contributed by atoms with Gasteiger partial charge in [-0.2, -0.15) is 0 Å². The fraction of sp³-hybridized carbons (Fsp3) is 0.533. The van der Waals surface area contributed by atoms with E-state index in [4.69, 9.17) is 9.47 Å². The summed E-state index contributed by atoms with van der Waals surface area (Å²) in [4.78, 5) is 11.9. The van der Waals surface area contributed by atoms with E-state index in [1.807, 2.05) is 31.2 Å². The molecular weight excluding hydrogens is 303 g/mol. The van der Waals surface area contributed by atoms with Crippen molar-refractivity contribution in [1.82, 2.24) is 5.09 Å². The molecule has 22 heavy (non-hydrogen) atoms. The Morgan fingerprint density at radius 3 is 2.55 bits per heavy atom.